The number of aromatic carboxylic acids is 1. The van der Waals surface area contributed by atoms with Crippen LogP contribution in [0.2, 0.25) is 0 Å². The molecule has 3 aliphatic rings. The van der Waals surface area contributed by atoms with E-state index in [0.717, 1.165) is 49.9 Å². The number of amides is 1. The van der Waals surface area contributed by atoms with Gasteiger partial charge in [-0.2, -0.15) is 0 Å². The van der Waals surface area contributed by atoms with E-state index in [1.807, 2.05) is 4.90 Å². The maximum absolute atomic E-state index is 12.6. The SMILES string of the molecule is COc1cc(C(=O)O)ccc1-c1ccc([C@@H]2CC23CCN(C(=O)[C@H]2CCCO2)CC3)cc1. The lowest BCUT2D eigenvalue weighted by molar-refractivity contribution is -0.142. The predicted octanol–water partition coefficient (Wildman–Crippen LogP) is 4.34. The summed E-state index contributed by atoms with van der Waals surface area (Å²) in [7, 11) is 1.56. The molecule has 2 atom stereocenters. The van der Waals surface area contributed by atoms with Gasteiger partial charge in [0.1, 0.15) is 11.9 Å². The lowest BCUT2D eigenvalue weighted by Crippen LogP contribution is -2.44. The zero-order valence-electron chi connectivity index (χ0n) is 18.4. The predicted molar refractivity (Wildman–Crippen MR) is 120 cm³/mol. The first-order chi connectivity index (χ1) is 15.5. The van der Waals surface area contributed by atoms with Gasteiger partial charge in [-0.1, -0.05) is 24.3 Å². The van der Waals surface area contributed by atoms with Crippen molar-refractivity contribution in [1.29, 1.82) is 0 Å². The van der Waals surface area contributed by atoms with E-state index in [4.69, 9.17) is 9.47 Å². The molecule has 1 saturated carbocycles. The van der Waals surface area contributed by atoms with Gasteiger partial charge < -0.3 is 19.5 Å². The maximum atomic E-state index is 12.6. The highest BCUT2D eigenvalue weighted by Crippen LogP contribution is 2.65. The molecule has 0 aromatic heterocycles. The molecule has 0 radical (unpaired) electrons. The molecule has 2 aliphatic heterocycles. The van der Waals surface area contributed by atoms with Crippen LogP contribution < -0.4 is 4.74 Å². The summed E-state index contributed by atoms with van der Waals surface area (Å²) >= 11 is 0. The third-order valence-corrected chi connectivity index (χ3v) is 7.54. The number of rotatable bonds is 5. The van der Waals surface area contributed by atoms with Gasteiger partial charge in [0.15, 0.2) is 0 Å². The van der Waals surface area contributed by atoms with Gasteiger partial charge in [0.25, 0.3) is 5.91 Å². The van der Waals surface area contributed by atoms with Crippen molar-refractivity contribution in [1.82, 2.24) is 4.90 Å². The number of carboxylic acid groups (broad SMARTS) is 1. The van der Waals surface area contributed by atoms with Crippen molar-refractivity contribution in [3.05, 3.63) is 53.6 Å². The van der Waals surface area contributed by atoms with E-state index in [9.17, 15) is 14.7 Å². The van der Waals surface area contributed by atoms with E-state index in [0.29, 0.717) is 23.7 Å². The quantitative estimate of drug-likeness (QED) is 0.756. The molecular formula is C26H29NO5. The second kappa shape index (κ2) is 8.24. The number of likely N-dealkylation sites (tertiary alicyclic amines) is 1. The molecule has 1 spiro atoms. The number of ether oxygens (including phenoxy) is 2. The van der Waals surface area contributed by atoms with Crippen LogP contribution in [0.4, 0.5) is 0 Å². The summed E-state index contributed by atoms with van der Waals surface area (Å²) in [4.78, 5) is 25.9. The Labute approximate surface area is 188 Å². The Morgan fingerprint density at radius 1 is 1.12 bits per heavy atom. The highest BCUT2D eigenvalue weighted by molar-refractivity contribution is 5.89. The average molecular weight is 436 g/mol. The summed E-state index contributed by atoms with van der Waals surface area (Å²) in [6.07, 6.45) is 4.93. The molecule has 2 saturated heterocycles. The molecule has 6 heteroatoms. The van der Waals surface area contributed by atoms with Gasteiger partial charge in [-0.05, 0) is 72.8 Å². The molecule has 1 N–H and O–H groups in total. The van der Waals surface area contributed by atoms with Crippen LogP contribution >= 0.6 is 0 Å². The Hall–Kier alpha value is -2.86. The number of carbonyl (C=O) groups excluding carboxylic acids is 1. The highest BCUT2D eigenvalue weighted by Gasteiger charge is 2.55. The van der Waals surface area contributed by atoms with Crippen LogP contribution in [0.1, 0.15) is 53.9 Å². The molecule has 2 heterocycles. The van der Waals surface area contributed by atoms with Crippen LogP contribution in [0.25, 0.3) is 11.1 Å². The van der Waals surface area contributed by atoms with Crippen molar-refractivity contribution in [2.45, 2.75) is 44.1 Å². The van der Waals surface area contributed by atoms with E-state index >= 15 is 0 Å². The molecule has 5 rings (SSSR count). The number of methoxy groups -OCH3 is 1. The fourth-order valence-electron chi connectivity index (χ4n) is 5.48. The van der Waals surface area contributed by atoms with Crippen LogP contribution in [0.15, 0.2) is 42.5 Å². The standard InChI is InChI=1S/C26H29NO5/c1-31-23-15-19(25(29)30)8-9-20(23)17-4-6-18(7-5-17)21-16-26(21)10-12-27(13-11-26)24(28)22-3-2-14-32-22/h4-9,15,21-22H,2-3,10-14,16H2,1H3,(H,29,30)/t21-,22+/m0/s1. The molecule has 3 fully saturated rings. The number of carboxylic acids is 1. The lowest BCUT2D eigenvalue weighted by atomic mass is 9.88. The van der Waals surface area contributed by atoms with Crippen LogP contribution in [-0.4, -0.2) is 54.8 Å². The summed E-state index contributed by atoms with van der Waals surface area (Å²) in [5.74, 6) is 0.325. The first kappa shape index (κ1) is 21.0. The van der Waals surface area contributed by atoms with Crippen LogP contribution in [0, 0.1) is 5.41 Å². The van der Waals surface area contributed by atoms with Crippen molar-refractivity contribution < 1.29 is 24.2 Å². The molecule has 1 aliphatic carbocycles. The molecule has 2 aromatic carbocycles. The fraction of sp³-hybridized carbons (Fsp3) is 0.462. The molecule has 0 bridgehead atoms. The van der Waals surface area contributed by atoms with Crippen molar-refractivity contribution in [3.8, 4) is 16.9 Å². The number of carbonyl (C=O) groups is 2. The highest BCUT2D eigenvalue weighted by atomic mass is 16.5. The monoisotopic (exact) mass is 435 g/mol. The van der Waals surface area contributed by atoms with Gasteiger partial charge in [0.05, 0.1) is 12.7 Å². The normalized spacial score (nSPS) is 23.8. The van der Waals surface area contributed by atoms with E-state index in [2.05, 4.69) is 24.3 Å². The molecule has 2 aromatic rings. The molecule has 168 valence electrons. The van der Waals surface area contributed by atoms with Crippen LogP contribution in [0.3, 0.4) is 0 Å². The van der Waals surface area contributed by atoms with Crippen molar-refractivity contribution in [2.24, 2.45) is 5.41 Å². The van der Waals surface area contributed by atoms with Gasteiger partial charge in [-0.3, -0.25) is 4.79 Å². The van der Waals surface area contributed by atoms with Gasteiger partial charge in [0.2, 0.25) is 0 Å². The van der Waals surface area contributed by atoms with Crippen molar-refractivity contribution >= 4 is 11.9 Å². The average Bonchev–Trinajstić information content (AvgIpc) is 3.24. The molecule has 32 heavy (non-hydrogen) atoms. The third-order valence-electron chi connectivity index (χ3n) is 7.54. The Kier molecular flexibility index (Phi) is 5.41. The Morgan fingerprint density at radius 2 is 1.88 bits per heavy atom. The minimum Gasteiger partial charge on any atom is -0.496 e. The van der Waals surface area contributed by atoms with Gasteiger partial charge in [-0.15, -0.1) is 0 Å². The van der Waals surface area contributed by atoms with Crippen molar-refractivity contribution in [2.75, 3.05) is 26.8 Å². The third kappa shape index (κ3) is 3.77. The molecule has 6 nitrogen and oxygen atoms in total. The first-order valence-electron chi connectivity index (χ1n) is 11.4. The van der Waals surface area contributed by atoms with Gasteiger partial charge in [0, 0.05) is 25.3 Å². The number of nitrogens with zero attached hydrogens (tertiary/aromatic N) is 1. The fourth-order valence-corrected chi connectivity index (χ4v) is 5.48. The summed E-state index contributed by atoms with van der Waals surface area (Å²) in [6.45, 7) is 2.38. The second-order valence-corrected chi connectivity index (χ2v) is 9.29. The van der Waals surface area contributed by atoms with Gasteiger partial charge >= 0.3 is 5.97 Å². The van der Waals surface area contributed by atoms with Crippen LogP contribution in [0.5, 0.6) is 5.75 Å². The molecular weight excluding hydrogens is 406 g/mol. The smallest absolute Gasteiger partial charge is 0.335 e. The summed E-state index contributed by atoms with van der Waals surface area (Å²) in [6, 6.07) is 13.5. The van der Waals surface area contributed by atoms with E-state index in [1.165, 1.54) is 12.0 Å². The summed E-state index contributed by atoms with van der Waals surface area (Å²) < 4.78 is 11.0. The zero-order chi connectivity index (χ0) is 22.3. The lowest BCUT2D eigenvalue weighted by Gasteiger charge is -2.34. The molecule has 1 amide bonds. The largest absolute Gasteiger partial charge is 0.496 e. The number of hydrogen-bond donors (Lipinski definition) is 1. The number of piperidine rings is 1. The number of benzene rings is 2. The Morgan fingerprint density at radius 3 is 2.50 bits per heavy atom. The minimum absolute atomic E-state index is 0.182. The van der Waals surface area contributed by atoms with E-state index in [-0.39, 0.29) is 17.6 Å². The van der Waals surface area contributed by atoms with Crippen LogP contribution in [-0.2, 0) is 9.53 Å². The van der Waals surface area contributed by atoms with Gasteiger partial charge in [-0.25, -0.2) is 4.79 Å². The summed E-state index contributed by atoms with van der Waals surface area (Å²) in [5, 5.41) is 9.21. The topological polar surface area (TPSA) is 76.1 Å². The first-order valence-corrected chi connectivity index (χ1v) is 11.4. The van der Waals surface area contributed by atoms with Crippen molar-refractivity contribution in [3.63, 3.8) is 0 Å². The Bertz CT molecular complexity index is 1020. The molecule has 0 unspecified atom stereocenters. The second-order valence-electron chi connectivity index (χ2n) is 9.29. The zero-order valence-corrected chi connectivity index (χ0v) is 18.4. The minimum atomic E-state index is -0.965. The number of hydrogen-bond acceptors (Lipinski definition) is 4. The van der Waals surface area contributed by atoms with E-state index in [1.54, 1.807) is 25.3 Å². The maximum Gasteiger partial charge on any atom is 0.335 e. The summed E-state index contributed by atoms with van der Waals surface area (Å²) in [5.41, 5.74) is 3.78. The van der Waals surface area contributed by atoms with E-state index < -0.39 is 5.97 Å². The Balaban J connectivity index is 1.24.